The predicted molar refractivity (Wildman–Crippen MR) is 85.2 cm³/mol. The molecule has 1 aliphatic rings. The molecule has 22 heavy (non-hydrogen) atoms. The van der Waals surface area contributed by atoms with Crippen molar-refractivity contribution in [1.82, 2.24) is 9.97 Å². The van der Waals surface area contributed by atoms with E-state index in [1.807, 2.05) is 24.3 Å². The quantitative estimate of drug-likeness (QED) is 0.392. The summed E-state index contributed by atoms with van der Waals surface area (Å²) in [5, 5.41) is 1.83. The largest absolute Gasteiger partial charge is 0.255 e. The number of para-hydroxylation sites is 1. The molecule has 4 aromatic rings. The third-order valence-electron chi connectivity index (χ3n) is 4.39. The van der Waals surface area contributed by atoms with E-state index in [0.29, 0.717) is 5.52 Å². The van der Waals surface area contributed by atoms with Crippen molar-refractivity contribution < 1.29 is 4.39 Å². The fourth-order valence-electron chi connectivity index (χ4n) is 3.44. The van der Waals surface area contributed by atoms with Crippen molar-refractivity contribution in [2.75, 3.05) is 0 Å². The molecule has 3 heteroatoms. The van der Waals surface area contributed by atoms with E-state index in [-0.39, 0.29) is 5.82 Å². The molecule has 104 valence electrons. The van der Waals surface area contributed by atoms with Crippen molar-refractivity contribution in [1.29, 1.82) is 0 Å². The van der Waals surface area contributed by atoms with Crippen LogP contribution in [0.25, 0.3) is 32.9 Å². The van der Waals surface area contributed by atoms with Gasteiger partial charge in [-0.15, -0.1) is 0 Å². The molecular formula is C19H11FN2. The van der Waals surface area contributed by atoms with Crippen LogP contribution in [0.3, 0.4) is 0 Å². The molecule has 2 nitrogen and oxygen atoms in total. The first-order chi connectivity index (χ1) is 10.8. The highest BCUT2D eigenvalue weighted by Crippen LogP contribution is 2.40. The van der Waals surface area contributed by atoms with Crippen molar-refractivity contribution in [2.24, 2.45) is 0 Å². The normalized spacial score (nSPS) is 12.6. The Morgan fingerprint density at radius 1 is 0.864 bits per heavy atom. The topological polar surface area (TPSA) is 25.8 Å². The Balaban J connectivity index is 2.04. The van der Waals surface area contributed by atoms with Gasteiger partial charge in [0.2, 0.25) is 0 Å². The SMILES string of the molecule is Fc1cccc2c1nc1c3c(ccnc32)-c2ccccc2C1. The molecule has 0 amide bonds. The number of fused-ring (bicyclic) bond motifs is 4. The maximum atomic E-state index is 14.2. The van der Waals surface area contributed by atoms with Crippen molar-refractivity contribution in [2.45, 2.75) is 6.42 Å². The second kappa shape index (κ2) is 4.10. The van der Waals surface area contributed by atoms with Gasteiger partial charge in [0.05, 0.1) is 11.2 Å². The summed E-state index contributed by atoms with van der Waals surface area (Å²) in [6, 6.07) is 15.4. The summed E-state index contributed by atoms with van der Waals surface area (Å²) < 4.78 is 14.2. The van der Waals surface area contributed by atoms with Gasteiger partial charge in [-0.1, -0.05) is 36.4 Å². The van der Waals surface area contributed by atoms with E-state index in [0.717, 1.165) is 34.0 Å². The highest BCUT2D eigenvalue weighted by molar-refractivity contribution is 6.10. The fraction of sp³-hybridized carbons (Fsp3) is 0.0526. The van der Waals surface area contributed by atoms with Gasteiger partial charge in [-0.25, -0.2) is 9.37 Å². The number of hydrogen-bond acceptors (Lipinski definition) is 2. The Kier molecular flexibility index (Phi) is 2.20. The minimum Gasteiger partial charge on any atom is -0.255 e. The second-order valence-corrected chi connectivity index (χ2v) is 5.61. The summed E-state index contributed by atoms with van der Waals surface area (Å²) in [5.41, 5.74) is 5.75. The average Bonchev–Trinajstić information content (AvgIpc) is 2.56. The Bertz CT molecular complexity index is 1070. The van der Waals surface area contributed by atoms with Crippen molar-refractivity contribution in [3.63, 3.8) is 0 Å². The number of benzene rings is 2. The zero-order valence-corrected chi connectivity index (χ0v) is 11.7. The van der Waals surface area contributed by atoms with E-state index >= 15 is 0 Å². The molecule has 0 N–H and O–H groups in total. The van der Waals surface area contributed by atoms with Crippen LogP contribution in [0.15, 0.2) is 54.7 Å². The number of hydrogen-bond donors (Lipinski definition) is 0. The molecule has 0 aliphatic heterocycles. The zero-order valence-electron chi connectivity index (χ0n) is 11.7. The van der Waals surface area contributed by atoms with E-state index in [1.165, 1.54) is 17.2 Å². The molecule has 0 bridgehead atoms. The first-order valence-electron chi connectivity index (χ1n) is 7.27. The summed E-state index contributed by atoms with van der Waals surface area (Å²) in [6.45, 7) is 0. The summed E-state index contributed by atoms with van der Waals surface area (Å²) in [5.74, 6) is -0.290. The molecule has 2 aromatic heterocycles. The molecule has 1 aliphatic carbocycles. The standard InChI is InChI=1S/C19H11FN2/c20-15-7-3-6-14-18(15)22-16-10-11-4-1-2-5-12(11)13-8-9-21-19(14)17(13)16/h1-9H,10H2. The van der Waals surface area contributed by atoms with Gasteiger partial charge in [-0.2, -0.15) is 0 Å². The number of nitrogens with zero attached hydrogens (tertiary/aromatic N) is 2. The third-order valence-corrected chi connectivity index (χ3v) is 4.39. The number of aromatic nitrogens is 2. The van der Waals surface area contributed by atoms with E-state index < -0.39 is 0 Å². The zero-order chi connectivity index (χ0) is 14.7. The van der Waals surface area contributed by atoms with Crippen LogP contribution in [0.1, 0.15) is 11.3 Å². The van der Waals surface area contributed by atoms with Gasteiger partial charge in [0.25, 0.3) is 0 Å². The molecule has 0 fully saturated rings. The van der Waals surface area contributed by atoms with Gasteiger partial charge in [0, 0.05) is 23.4 Å². The Morgan fingerprint density at radius 2 is 1.77 bits per heavy atom. The van der Waals surface area contributed by atoms with Crippen molar-refractivity contribution >= 4 is 21.8 Å². The smallest absolute Gasteiger partial charge is 0.149 e. The molecule has 0 saturated heterocycles. The summed E-state index contributed by atoms with van der Waals surface area (Å²) in [4.78, 5) is 9.14. The highest BCUT2D eigenvalue weighted by atomic mass is 19.1. The highest BCUT2D eigenvalue weighted by Gasteiger charge is 2.21. The summed E-state index contributed by atoms with van der Waals surface area (Å²) in [7, 11) is 0. The lowest BCUT2D eigenvalue weighted by atomic mass is 9.87. The van der Waals surface area contributed by atoms with Gasteiger partial charge in [-0.3, -0.25) is 4.98 Å². The maximum absolute atomic E-state index is 14.2. The Hall–Kier alpha value is -2.81. The van der Waals surface area contributed by atoms with Gasteiger partial charge in [0.15, 0.2) is 0 Å². The van der Waals surface area contributed by atoms with E-state index in [9.17, 15) is 4.39 Å². The average molecular weight is 286 g/mol. The lowest BCUT2D eigenvalue weighted by Crippen LogP contribution is -2.05. The fourth-order valence-corrected chi connectivity index (χ4v) is 3.44. The van der Waals surface area contributed by atoms with Gasteiger partial charge in [-0.05, 0) is 28.8 Å². The monoisotopic (exact) mass is 286 g/mol. The minimum absolute atomic E-state index is 0.290. The van der Waals surface area contributed by atoms with Gasteiger partial charge in [0.1, 0.15) is 11.3 Å². The van der Waals surface area contributed by atoms with Crippen LogP contribution in [0.2, 0.25) is 0 Å². The van der Waals surface area contributed by atoms with Crippen LogP contribution in [-0.2, 0) is 6.42 Å². The molecule has 0 saturated carbocycles. The Morgan fingerprint density at radius 3 is 2.73 bits per heavy atom. The second-order valence-electron chi connectivity index (χ2n) is 5.61. The van der Waals surface area contributed by atoms with Crippen molar-refractivity contribution in [3.8, 4) is 11.1 Å². The molecule has 0 atom stereocenters. The van der Waals surface area contributed by atoms with Crippen molar-refractivity contribution in [3.05, 3.63) is 71.8 Å². The number of rotatable bonds is 0. The van der Waals surface area contributed by atoms with E-state index in [2.05, 4.69) is 22.1 Å². The van der Waals surface area contributed by atoms with Crippen LogP contribution in [0.5, 0.6) is 0 Å². The molecule has 0 spiro atoms. The molecule has 2 aromatic carbocycles. The maximum Gasteiger partial charge on any atom is 0.149 e. The lowest BCUT2D eigenvalue weighted by molar-refractivity contribution is 0.636. The predicted octanol–water partition coefficient (Wildman–Crippen LogP) is 4.49. The summed E-state index contributed by atoms with van der Waals surface area (Å²) >= 11 is 0. The Labute approximate surface area is 126 Å². The molecular weight excluding hydrogens is 275 g/mol. The van der Waals surface area contributed by atoms with Crippen LogP contribution < -0.4 is 0 Å². The number of halogens is 1. The first-order valence-corrected chi connectivity index (χ1v) is 7.27. The molecule has 0 unspecified atom stereocenters. The van der Waals surface area contributed by atoms with Gasteiger partial charge >= 0.3 is 0 Å². The lowest BCUT2D eigenvalue weighted by Gasteiger charge is -2.20. The van der Waals surface area contributed by atoms with Gasteiger partial charge < -0.3 is 0 Å². The molecule has 5 rings (SSSR count). The first kappa shape index (κ1) is 11.8. The summed E-state index contributed by atoms with van der Waals surface area (Å²) in [6.07, 6.45) is 2.52. The molecule has 2 heterocycles. The van der Waals surface area contributed by atoms with E-state index in [4.69, 9.17) is 0 Å². The van der Waals surface area contributed by atoms with Crippen LogP contribution in [-0.4, -0.2) is 9.97 Å². The van der Waals surface area contributed by atoms with E-state index in [1.54, 1.807) is 12.3 Å². The van der Waals surface area contributed by atoms with Crippen LogP contribution in [0, 0.1) is 5.82 Å². The van der Waals surface area contributed by atoms with Crippen LogP contribution in [0.4, 0.5) is 4.39 Å². The molecule has 0 radical (unpaired) electrons. The number of pyridine rings is 2. The third kappa shape index (κ3) is 1.43. The minimum atomic E-state index is -0.290. The van der Waals surface area contributed by atoms with Crippen LogP contribution >= 0.6 is 0 Å².